The molecule has 0 radical (unpaired) electrons. The van der Waals surface area contributed by atoms with Crippen LogP contribution in [0.4, 0.5) is 0 Å². The highest BCUT2D eigenvalue weighted by Gasteiger charge is 1.96. The molecule has 0 amide bonds. The second kappa shape index (κ2) is 4.67. The first-order valence-corrected chi connectivity index (χ1v) is 3.54. The van der Waals surface area contributed by atoms with Crippen molar-refractivity contribution in [3.63, 3.8) is 0 Å². The maximum Gasteiger partial charge on any atom is 0.159 e. The Morgan fingerprint density at radius 2 is 2.00 bits per heavy atom. The van der Waals surface area contributed by atoms with E-state index >= 15 is 0 Å². The Bertz CT molecular complexity index is 209. The Balaban J connectivity index is 4.07. The van der Waals surface area contributed by atoms with E-state index < -0.39 is 0 Å². The van der Waals surface area contributed by atoms with E-state index in [1.807, 2.05) is 13.8 Å². The SMILES string of the molecule is C=C/C(C)=C/C(=O)CC(=C)C. The molecule has 0 bridgehead atoms. The van der Waals surface area contributed by atoms with Crippen LogP contribution in [0.5, 0.6) is 0 Å². The lowest BCUT2D eigenvalue weighted by atomic mass is 10.1. The van der Waals surface area contributed by atoms with Gasteiger partial charge in [-0.15, -0.1) is 0 Å². The summed E-state index contributed by atoms with van der Waals surface area (Å²) < 4.78 is 0. The minimum Gasteiger partial charge on any atom is -0.294 e. The van der Waals surface area contributed by atoms with Crippen LogP contribution in [-0.4, -0.2) is 5.78 Å². The van der Waals surface area contributed by atoms with Gasteiger partial charge in [0.05, 0.1) is 0 Å². The molecule has 1 nitrogen and oxygen atoms in total. The van der Waals surface area contributed by atoms with Crippen molar-refractivity contribution in [2.24, 2.45) is 0 Å². The van der Waals surface area contributed by atoms with Gasteiger partial charge >= 0.3 is 0 Å². The molecule has 0 heterocycles. The van der Waals surface area contributed by atoms with Gasteiger partial charge in [-0.3, -0.25) is 4.79 Å². The van der Waals surface area contributed by atoms with Crippen LogP contribution in [0.25, 0.3) is 0 Å². The molecular weight excluding hydrogens is 136 g/mol. The quantitative estimate of drug-likeness (QED) is 0.342. The highest BCUT2D eigenvalue weighted by Crippen LogP contribution is 2.00. The van der Waals surface area contributed by atoms with Gasteiger partial charge < -0.3 is 0 Å². The van der Waals surface area contributed by atoms with E-state index in [1.54, 1.807) is 12.2 Å². The van der Waals surface area contributed by atoms with E-state index in [9.17, 15) is 4.79 Å². The summed E-state index contributed by atoms with van der Waals surface area (Å²) >= 11 is 0. The molecule has 0 aromatic rings. The summed E-state index contributed by atoms with van der Waals surface area (Å²) in [6.07, 6.45) is 3.68. The first-order chi connectivity index (χ1) is 5.06. The first kappa shape index (κ1) is 9.89. The lowest BCUT2D eigenvalue weighted by Gasteiger charge is -1.93. The predicted molar refractivity (Wildman–Crippen MR) is 48.4 cm³/mol. The Kier molecular flexibility index (Phi) is 4.20. The second-order valence-electron chi connectivity index (χ2n) is 2.69. The van der Waals surface area contributed by atoms with Gasteiger partial charge in [0, 0.05) is 6.42 Å². The summed E-state index contributed by atoms with van der Waals surface area (Å²) in [5.74, 6) is 0.0925. The zero-order chi connectivity index (χ0) is 8.85. The molecule has 0 saturated heterocycles. The van der Waals surface area contributed by atoms with Crippen molar-refractivity contribution in [3.8, 4) is 0 Å². The molecule has 0 unspecified atom stereocenters. The molecule has 60 valence electrons. The van der Waals surface area contributed by atoms with Crippen LogP contribution in [0, 0.1) is 0 Å². The molecule has 0 atom stereocenters. The number of rotatable bonds is 4. The molecule has 0 aromatic carbocycles. The van der Waals surface area contributed by atoms with Crippen LogP contribution in [0.2, 0.25) is 0 Å². The van der Waals surface area contributed by atoms with Crippen LogP contribution in [0.1, 0.15) is 20.3 Å². The molecule has 0 fully saturated rings. The Labute approximate surface area is 68.1 Å². The third-order valence-corrected chi connectivity index (χ3v) is 1.19. The van der Waals surface area contributed by atoms with Crippen molar-refractivity contribution in [3.05, 3.63) is 36.5 Å². The molecular formula is C10H14O. The van der Waals surface area contributed by atoms with Gasteiger partial charge in [0.1, 0.15) is 0 Å². The first-order valence-electron chi connectivity index (χ1n) is 3.54. The Morgan fingerprint density at radius 3 is 2.36 bits per heavy atom. The van der Waals surface area contributed by atoms with Crippen LogP contribution >= 0.6 is 0 Å². The highest BCUT2D eigenvalue weighted by atomic mass is 16.1. The van der Waals surface area contributed by atoms with Crippen molar-refractivity contribution >= 4 is 5.78 Å². The molecule has 0 aliphatic carbocycles. The van der Waals surface area contributed by atoms with Crippen LogP contribution in [-0.2, 0) is 4.79 Å². The average molecular weight is 150 g/mol. The van der Waals surface area contributed by atoms with E-state index in [2.05, 4.69) is 13.2 Å². The molecule has 0 N–H and O–H groups in total. The summed E-state index contributed by atoms with van der Waals surface area (Å²) in [4.78, 5) is 11.0. The summed E-state index contributed by atoms with van der Waals surface area (Å²) in [6, 6.07) is 0. The number of ketones is 1. The smallest absolute Gasteiger partial charge is 0.159 e. The lowest BCUT2D eigenvalue weighted by molar-refractivity contribution is -0.114. The summed E-state index contributed by atoms with van der Waals surface area (Å²) in [6.45, 7) is 10.9. The van der Waals surface area contributed by atoms with Crippen LogP contribution in [0.3, 0.4) is 0 Å². The molecule has 0 aliphatic heterocycles. The topological polar surface area (TPSA) is 17.1 Å². The van der Waals surface area contributed by atoms with Gasteiger partial charge in [-0.2, -0.15) is 0 Å². The van der Waals surface area contributed by atoms with Crippen molar-refractivity contribution in [1.82, 2.24) is 0 Å². The van der Waals surface area contributed by atoms with Crippen LogP contribution < -0.4 is 0 Å². The summed E-state index contributed by atoms with van der Waals surface area (Å²) in [5.41, 5.74) is 1.79. The van der Waals surface area contributed by atoms with E-state index in [1.165, 1.54) is 0 Å². The van der Waals surface area contributed by atoms with E-state index in [0.717, 1.165) is 11.1 Å². The number of carbonyl (C=O) groups excluding carboxylic acids is 1. The Hall–Kier alpha value is -1.11. The minimum absolute atomic E-state index is 0.0925. The zero-order valence-corrected chi connectivity index (χ0v) is 7.18. The summed E-state index contributed by atoms with van der Waals surface area (Å²) in [5, 5.41) is 0. The average Bonchev–Trinajstić information content (AvgIpc) is 1.85. The van der Waals surface area contributed by atoms with Crippen molar-refractivity contribution < 1.29 is 4.79 Å². The number of carbonyl (C=O) groups is 1. The summed E-state index contributed by atoms with van der Waals surface area (Å²) in [7, 11) is 0. The van der Waals surface area contributed by atoms with Crippen LogP contribution in [0.15, 0.2) is 36.5 Å². The van der Waals surface area contributed by atoms with E-state index in [-0.39, 0.29) is 5.78 Å². The third kappa shape index (κ3) is 5.34. The van der Waals surface area contributed by atoms with Crippen molar-refractivity contribution in [2.45, 2.75) is 20.3 Å². The van der Waals surface area contributed by atoms with Gasteiger partial charge in [0.25, 0.3) is 0 Å². The van der Waals surface area contributed by atoms with Gasteiger partial charge in [-0.05, 0) is 25.5 Å². The highest BCUT2D eigenvalue weighted by molar-refractivity contribution is 5.92. The maximum atomic E-state index is 11.0. The number of hydrogen-bond acceptors (Lipinski definition) is 1. The minimum atomic E-state index is 0.0925. The van der Waals surface area contributed by atoms with Gasteiger partial charge in [0.15, 0.2) is 5.78 Å². The second-order valence-corrected chi connectivity index (χ2v) is 2.69. The van der Waals surface area contributed by atoms with Crippen molar-refractivity contribution in [1.29, 1.82) is 0 Å². The van der Waals surface area contributed by atoms with Gasteiger partial charge in [-0.1, -0.05) is 24.8 Å². The third-order valence-electron chi connectivity index (χ3n) is 1.19. The molecule has 11 heavy (non-hydrogen) atoms. The fourth-order valence-corrected chi connectivity index (χ4v) is 0.661. The number of hydrogen-bond donors (Lipinski definition) is 0. The van der Waals surface area contributed by atoms with Gasteiger partial charge in [0.2, 0.25) is 0 Å². The fourth-order valence-electron chi connectivity index (χ4n) is 0.661. The fraction of sp³-hybridized carbons (Fsp3) is 0.300. The molecule has 0 rings (SSSR count). The van der Waals surface area contributed by atoms with Crippen molar-refractivity contribution in [2.75, 3.05) is 0 Å². The zero-order valence-electron chi connectivity index (χ0n) is 7.18. The largest absolute Gasteiger partial charge is 0.294 e. The maximum absolute atomic E-state index is 11.0. The standard InChI is InChI=1S/C10H14O/c1-5-9(4)7-10(11)6-8(2)3/h5,7H,1-2,6H2,3-4H3/b9-7+. The number of allylic oxidation sites excluding steroid dienone is 4. The Morgan fingerprint density at radius 1 is 1.45 bits per heavy atom. The lowest BCUT2D eigenvalue weighted by Crippen LogP contribution is -1.93. The molecule has 0 spiro atoms. The monoisotopic (exact) mass is 150 g/mol. The van der Waals surface area contributed by atoms with E-state index in [4.69, 9.17) is 0 Å². The molecule has 0 aromatic heterocycles. The van der Waals surface area contributed by atoms with E-state index in [0.29, 0.717) is 6.42 Å². The molecule has 0 aliphatic rings. The van der Waals surface area contributed by atoms with Gasteiger partial charge in [-0.25, -0.2) is 0 Å². The predicted octanol–water partition coefficient (Wildman–Crippen LogP) is 2.65. The molecule has 1 heteroatoms. The normalized spacial score (nSPS) is 10.9. The molecule has 0 saturated carbocycles.